The standard InChI is InChI=1S/C20H19N3O3S/c1-14-7-9-16(10-8-14)27(25,26)23-18-6-4-3-5-17(18)21-20(23)19-13-15(24)11-12-22(19)2/h3-12,19H,13H2,1-2H3. The minimum Gasteiger partial charge on any atom is -0.370 e. The maximum atomic E-state index is 13.5. The van der Waals surface area contributed by atoms with Gasteiger partial charge in [-0.1, -0.05) is 29.8 Å². The van der Waals surface area contributed by atoms with Crippen LogP contribution in [0.4, 0.5) is 0 Å². The van der Waals surface area contributed by atoms with Crippen molar-refractivity contribution in [1.29, 1.82) is 0 Å². The molecule has 1 unspecified atom stereocenters. The number of para-hydroxylation sites is 2. The molecule has 1 aliphatic rings. The van der Waals surface area contributed by atoms with E-state index in [1.807, 2.05) is 24.9 Å². The number of allylic oxidation sites excluding steroid dienone is 1. The molecule has 27 heavy (non-hydrogen) atoms. The molecule has 1 aliphatic heterocycles. The lowest BCUT2D eigenvalue weighted by Gasteiger charge is -2.28. The highest BCUT2D eigenvalue weighted by Gasteiger charge is 2.32. The molecule has 0 amide bonds. The number of aromatic nitrogens is 2. The van der Waals surface area contributed by atoms with Gasteiger partial charge in [-0.2, -0.15) is 0 Å². The third-order valence-electron chi connectivity index (χ3n) is 4.78. The van der Waals surface area contributed by atoms with Gasteiger partial charge in [-0.15, -0.1) is 0 Å². The third kappa shape index (κ3) is 2.94. The summed E-state index contributed by atoms with van der Waals surface area (Å²) in [6, 6.07) is 13.4. The normalized spacial score (nSPS) is 17.6. The SMILES string of the molecule is Cc1ccc(S(=O)(=O)n2c(C3CC(=O)C=CN3C)nc3ccccc32)cc1. The van der Waals surface area contributed by atoms with Crippen LogP contribution in [-0.4, -0.2) is 35.1 Å². The fraction of sp³-hybridized carbons (Fsp3) is 0.200. The summed E-state index contributed by atoms with van der Waals surface area (Å²) in [7, 11) is -2.05. The molecule has 0 spiro atoms. The van der Waals surface area contributed by atoms with Crippen molar-refractivity contribution in [2.75, 3.05) is 7.05 Å². The molecule has 2 heterocycles. The van der Waals surface area contributed by atoms with Crippen LogP contribution in [0.25, 0.3) is 11.0 Å². The number of rotatable bonds is 3. The molecular weight excluding hydrogens is 362 g/mol. The summed E-state index contributed by atoms with van der Waals surface area (Å²) >= 11 is 0. The molecule has 0 N–H and O–H groups in total. The van der Waals surface area contributed by atoms with Gasteiger partial charge in [-0.25, -0.2) is 17.4 Å². The number of hydrogen-bond donors (Lipinski definition) is 0. The molecule has 0 radical (unpaired) electrons. The Bertz CT molecular complexity index is 1160. The van der Waals surface area contributed by atoms with E-state index >= 15 is 0 Å². The smallest absolute Gasteiger partial charge is 0.269 e. The zero-order valence-electron chi connectivity index (χ0n) is 15.0. The molecule has 3 aromatic rings. The fourth-order valence-corrected chi connectivity index (χ4v) is 4.79. The summed E-state index contributed by atoms with van der Waals surface area (Å²) in [6.07, 6.45) is 3.34. The molecule has 2 aromatic carbocycles. The highest BCUT2D eigenvalue weighted by atomic mass is 32.2. The van der Waals surface area contributed by atoms with Gasteiger partial charge < -0.3 is 4.90 Å². The molecule has 1 atom stereocenters. The van der Waals surface area contributed by atoms with E-state index in [0.717, 1.165) is 5.56 Å². The number of benzene rings is 2. The van der Waals surface area contributed by atoms with Crippen molar-refractivity contribution in [2.24, 2.45) is 0 Å². The third-order valence-corrected chi connectivity index (χ3v) is 6.51. The summed E-state index contributed by atoms with van der Waals surface area (Å²) in [5.41, 5.74) is 2.06. The summed E-state index contributed by atoms with van der Waals surface area (Å²) < 4.78 is 28.2. The first-order valence-corrected chi connectivity index (χ1v) is 10.0. The lowest BCUT2D eigenvalue weighted by molar-refractivity contribution is -0.116. The van der Waals surface area contributed by atoms with Crippen LogP contribution in [0.3, 0.4) is 0 Å². The van der Waals surface area contributed by atoms with Gasteiger partial charge in [-0.3, -0.25) is 4.79 Å². The highest BCUT2D eigenvalue weighted by Crippen LogP contribution is 2.32. The second-order valence-electron chi connectivity index (χ2n) is 6.71. The Kier molecular flexibility index (Phi) is 4.11. The number of nitrogens with zero attached hydrogens (tertiary/aromatic N) is 3. The van der Waals surface area contributed by atoms with Crippen molar-refractivity contribution in [3.63, 3.8) is 0 Å². The predicted octanol–water partition coefficient (Wildman–Crippen LogP) is 3.04. The van der Waals surface area contributed by atoms with E-state index in [2.05, 4.69) is 4.98 Å². The Morgan fingerprint density at radius 1 is 1.07 bits per heavy atom. The molecule has 0 fully saturated rings. The van der Waals surface area contributed by atoms with E-state index < -0.39 is 16.1 Å². The number of carbonyl (C=O) groups excluding carboxylic acids is 1. The zero-order chi connectivity index (χ0) is 19.2. The minimum atomic E-state index is -3.87. The molecule has 0 saturated carbocycles. The molecular formula is C20H19N3O3S. The van der Waals surface area contributed by atoms with E-state index in [1.165, 1.54) is 10.0 Å². The van der Waals surface area contributed by atoms with E-state index in [0.29, 0.717) is 16.9 Å². The summed E-state index contributed by atoms with van der Waals surface area (Å²) in [4.78, 5) is 18.6. The predicted molar refractivity (Wildman–Crippen MR) is 103 cm³/mol. The Balaban J connectivity index is 1.98. The quantitative estimate of drug-likeness (QED) is 0.697. The number of ketones is 1. The topological polar surface area (TPSA) is 72.3 Å². The van der Waals surface area contributed by atoms with E-state index in [-0.39, 0.29) is 17.1 Å². The molecule has 1 aromatic heterocycles. The number of fused-ring (bicyclic) bond motifs is 1. The van der Waals surface area contributed by atoms with Crippen molar-refractivity contribution < 1.29 is 13.2 Å². The van der Waals surface area contributed by atoms with Crippen molar-refractivity contribution in [1.82, 2.24) is 13.9 Å². The molecule has 6 nitrogen and oxygen atoms in total. The van der Waals surface area contributed by atoms with Crippen LogP contribution < -0.4 is 0 Å². The maximum absolute atomic E-state index is 13.5. The Morgan fingerprint density at radius 3 is 2.52 bits per heavy atom. The van der Waals surface area contributed by atoms with Gasteiger partial charge in [0.05, 0.1) is 22.0 Å². The first-order valence-electron chi connectivity index (χ1n) is 8.60. The minimum absolute atomic E-state index is 0.0514. The Morgan fingerprint density at radius 2 is 1.78 bits per heavy atom. The van der Waals surface area contributed by atoms with Crippen LogP contribution in [0.1, 0.15) is 23.9 Å². The number of carbonyl (C=O) groups is 1. The molecule has 0 saturated heterocycles. The van der Waals surface area contributed by atoms with Crippen LogP contribution >= 0.6 is 0 Å². The lowest BCUT2D eigenvalue weighted by Crippen LogP contribution is -2.30. The van der Waals surface area contributed by atoms with Crippen LogP contribution in [0.2, 0.25) is 0 Å². The van der Waals surface area contributed by atoms with Gasteiger partial charge >= 0.3 is 0 Å². The van der Waals surface area contributed by atoms with E-state index in [1.54, 1.807) is 48.7 Å². The number of imidazole rings is 1. The summed E-state index contributed by atoms with van der Waals surface area (Å²) in [5.74, 6) is 0.293. The second kappa shape index (κ2) is 6.35. The largest absolute Gasteiger partial charge is 0.370 e. The summed E-state index contributed by atoms with van der Waals surface area (Å²) in [6.45, 7) is 1.91. The van der Waals surface area contributed by atoms with Crippen LogP contribution in [-0.2, 0) is 14.8 Å². The van der Waals surface area contributed by atoms with Gasteiger partial charge in [-0.05, 0) is 37.3 Å². The van der Waals surface area contributed by atoms with Crippen molar-refractivity contribution in [2.45, 2.75) is 24.3 Å². The van der Waals surface area contributed by atoms with Gasteiger partial charge in [0, 0.05) is 19.7 Å². The molecule has 0 aliphatic carbocycles. The van der Waals surface area contributed by atoms with Crippen molar-refractivity contribution in [3.05, 3.63) is 72.2 Å². The van der Waals surface area contributed by atoms with Gasteiger partial charge in [0.25, 0.3) is 10.0 Å². The Hall–Kier alpha value is -2.93. The first-order chi connectivity index (χ1) is 12.9. The van der Waals surface area contributed by atoms with Crippen LogP contribution in [0.5, 0.6) is 0 Å². The summed E-state index contributed by atoms with van der Waals surface area (Å²) in [5, 5.41) is 0. The zero-order valence-corrected chi connectivity index (χ0v) is 15.8. The fourth-order valence-electron chi connectivity index (χ4n) is 3.28. The van der Waals surface area contributed by atoms with Crippen molar-refractivity contribution in [3.8, 4) is 0 Å². The molecule has 138 valence electrons. The van der Waals surface area contributed by atoms with Gasteiger partial charge in [0.15, 0.2) is 5.78 Å². The Labute approximate surface area is 157 Å². The first kappa shape index (κ1) is 17.5. The van der Waals surface area contributed by atoms with E-state index in [9.17, 15) is 13.2 Å². The maximum Gasteiger partial charge on any atom is 0.269 e. The average molecular weight is 381 g/mol. The molecule has 4 rings (SSSR count). The van der Waals surface area contributed by atoms with Crippen LogP contribution in [0, 0.1) is 6.92 Å². The lowest BCUT2D eigenvalue weighted by atomic mass is 10.1. The van der Waals surface area contributed by atoms with Gasteiger partial charge in [0.1, 0.15) is 5.82 Å². The van der Waals surface area contributed by atoms with Crippen molar-refractivity contribution >= 4 is 26.8 Å². The monoisotopic (exact) mass is 381 g/mol. The van der Waals surface area contributed by atoms with E-state index in [4.69, 9.17) is 0 Å². The second-order valence-corrected chi connectivity index (χ2v) is 8.50. The van der Waals surface area contributed by atoms with Crippen LogP contribution in [0.15, 0.2) is 65.7 Å². The highest BCUT2D eigenvalue weighted by molar-refractivity contribution is 7.90. The van der Waals surface area contributed by atoms with Gasteiger partial charge in [0.2, 0.25) is 0 Å². The molecule has 7 heteroatoms. The molecule has 0 bridgehead atoms. The number of hydrogen-bond acceptors (Lipinski definition) is 5. The average Bonchev–Trinajstić information content (AvgIpc) is 3.04. The number of aryl methyl sites for hydroxylation is 1.